The van der Waals surface area contributed by atoms with E-state index in [-0.39, 0.29) is 21.4 Å². The van der Waals surface area contributed by atoms with Crippen LogP contribution in [0.5, 0.6) is 5.75 Å². The number of amides is 1. The molecule has 10 heteroatoms. The van der Waals surface area contributed by atoms with Gasteiger partial charge in [-0.1, -0.05) is 0 Å². The molecule has 126 valence electrons. The number of ether oxygens (including phenoxy) is 1. The second-order valence-electron chi connectivity index (χ2n) is 4.45. The first kappa shape index (κ1) is 17.7. The number of rotatable bonds is 4. The molecule has 0 unspecified atom stereocenters. The molecule has 0 aliphatic heterocycles. The molecule has 0 aliphatic rings. The number of benzene rings is 2. The number of nitro groups is 1. The second kappa shape index (κ2) is 6.87. The Morgan fingerprint density at radius 2 is 1.79 bits per heavy atom. The molecule has 1 amide bonds. The number of anilines is 1. The Hall–Kier alpha value is -2.62. The molecule has 0 saturated heterocycles. The van der Waals surface area contributed by atoms with Crippen LogP contribution in [0.1, 0.15) is 10.4 Å². The fourth-order valence-corrected chi connectivity index (χ4v) is 2.13. The predicted octanol–water partition coefficient (Wildman–Crippen LogP) is 4.51. The molecule has 2 aromatic rings. The van der Waals surface area contributed by atoms with Gasteiger partial charge in [0.2, 0.25) is 0 Å². The van der Waals surface area contributed by atoms with Gasteiger partial charge >= 0.3 is 6.36 Å². The van der Waals surface area contributed by atoms with Crippen molar-refractivity contribution in [3.05, 3.63) is 62.6 Å². The van der Waals surface area contributed by atoms with Crippen molar-refractivity contribution < 1.29 is 27.6 Å². The summed E-state index contributed by atoms with van der Waals surface area (Å²) in [5, 5.41) is 13.3. The third-order valence-corrected chi connectivity index (χ3v) is 3.42. The number of hydrogen-bond acceptors (Lipinski definition) is 4. The van der Waals surface area contributed by atoms with Crippen molar-refractivity contribution in [2.24, 2.45) is 0 Å². The topological polar surface area (TPSA) is 81.5 Å². The molecule has 0 bridgehead atoms. The third-order valence-electron chi connectivity index (χ3n) is 2.75. The minimum Gasteiger partial charge on any atom is -0.406 e. The Kier molecular flexibility index (Phi) is 5.07. The smallest absolute Gasteiger partial charge is 0.406 e. The van der Waals surface area contributed by atoms with Crippen LogP contribution in [0.25, 0.3) is 0 Å². The lowest BCUT2D eigenvalue weighted by atomic mass is 10.2. The van der Waals surface area contributed by atoms with Gasteiger partial charge in [-0.2, -0.15) is 0 Å². The van der Waals surface area contributed by atoms with E-state index in [4.69, 9.17) is 0 Å². The fourth-order valence-electron chi connectivity index (χ4n) is 1.74. The number of alkyl halides is 3. The van der Waals surface area contributed by atoms with Gasteiger partial charge in [-0.25, -0.2) is 0 Å². The van der Waals surface area contributed by atoms with Crippen molar-refractivity contribution in [2.75, 3.05) is 5.32 Å². The van der Waals surface area contributed by atoms with E-state index in [0.29, 0.717) is 0 Å². The van der Waals surface area contributed by atoms with Gasteiger partial charge in [0, 0.05) is 17.3 Å². The Labute approximate surface area is 141 Å². The highest BCUT2D eigenvalue weighted by Gasteiger charge is 2.31. The van der Waals surface area contributed by atoms with E-state index < -0.39 is 22.9 Å². The lowest BCUT2D eigenvalue weighted by Gasteiger charge is -2.10. The maximum atomic E-state index is 12.1. The minimum absolute atomic E-state index is 0.0283. The molecule has 2 aromatic carbocycles. The molecule has 0 aromatic heterocycles. The van der Waals surface area contributed by atoms with Crippen molar-refractivity contribution in [2.45, 2.75) is 6.36 Å². The molecule has 0 aliphatic carbocycles. The quantitative estimate of drug-likeness (QED) is 0.600. The highest BCUT2D eigenvalue weighted by Crippen LogP contribution is 2.27. The van der Waals surface area contributed by atoms with E-state index in [1.54, 1.807) is 0 Å². The van der Waals surface area contributed by atoms with Gasteiger partial charge in [-0.05, 0) is 52.3 Å². The maximum absolute atomic E-state index is 12.1. The molecule has 0 saturated carbocycles. The Morgan fingerprint density at radius 1 is 1.17 bits per heavy atom. The Bertz CT molecular complexity index is 779. The molecule has 2 rings (SSSR count). The molecule has 1 N–H and O–H groups in total. The molecular formula is C14H8BrF3N2O4. The lowest BCUT2D eigenvalue weighted by Crippen LogP contribution is -2.17. The summed E-state index contributed by atoms with van der Waals surface area (Å²) in [5.41, 5.74) is -0.0443. The normalized spacial score (nSPS) is 11.0. The van der Waals surface area contributed by atoms with Crippen LogP contribution < -0.4 is 10.1 Å². The zero-order valence-electron chi connectivity index (χ0n) is 11.6. The summed E-state index contributed by atoms with van der Waals surface area (Å²) in [6.07, 6.45) is -4.80. The number of nitrogens with zero attached hydrogens (tertiary/aromatic N) is 1. The van der Waals surface area contributed by atoms with Crippen LogP contribution >= 0.6 is 15.9 Å². The van der Waals surface area contributed by atoms with Crippen LogP contribution in [-0.2, 0) is 0 Å². The van der Waals surface area contributed by atoms with Gasteiger partial charge in [-0.3, -0.25) is 14.9 Å². The standard InChI is InChI=1S/C14H8BrF3N2O4/c15-11-6-1-8(7-12(11)20(22)23)13(21)19-9-2-4-10(5-3-9)24-14(16,17)18/h1-7H,(H,19,21). The molecule has 0 atom stereocenters. The van der Waals surface area contributed by atoms with E-state index in [9.17, 15) is 28.1 Å². The largest absolute Gasteiger partial charge is 0.573 e. The summed E-state index contributed by atoms with van der Waals surface area (Å²) >= 11 is 3.00. The first-order valence-electron chi connectivity index (χ1n) is 6.27. The monoisotopic (exact) mass is 404 g/mol. The van der Waals surface area contributed by atoms with E-state index in [0.717, 1.165) is 18.2 Å². The summed E-state index contributed by atoms with van der Waals surface area (Å²) in [7, 11) is 0. The van der Waals surface area contributed by atoms with Crippen molar-refractivity contribution >= 4 is 33.2 Å². The van der Waals surface area contributed by atoms with Crippen molar-refractivity contribution in [1.82, 2.24) is 0 Å². The average molecular weight is 405 g/mol. The van der Waals surface area contributed by atoms with Crippen LogP contribution in [0.4, 0.5) is 24.5 Å². The van der Waals surface area contributed by atoms with Gasteiger partial charge in [0.1, 0.15) is 5.75 Å². The minimum atomic E-state index is -4.80. The van der Waals surface area contributed by atoms with Gasteiger partial charge in [0.15, 0.2) is 0 Å². The Balaban J connectivity index is 2.12. The molecule has 24 heavy (non-hydrogen) atoms. The molecular weight excluding hydrogens is 397 g/mol. The van der Waals surface area contributed by atoms with E-state index >= 15 is 0 Å². The summed E-state index contributed by atoms with van der Waals surface area (Å²) in [5.74, 6) is -1.07. The number of halogens is 4. The molecule has 0 radical (unpaired) electrons. The Morgan fingerprint density at radius 3 is 2.33 bits per heavy atom. The number of carbonyl (C=O) groups is 1. The van der Waals surface area contributed by atoms with Crippen molar-refractivity contribution in [3.63, 3.8) is 0 Å². The van der Waals surface area contributed by atoms with Gasteiger partial charge in [0.25, 0.3) is 11.6 Å². The number of nitrogens with one attached hydrogen (secondary N) is 1. The van der Waals surface area contributed by atoms with E-state index in [1.807, 2.05) is 0 Å². The third kappa shape index (κ3) is 4.69. The number of carbonyl (C=O) groups excluding carboxylic acids is 1. The summed E-state index contributed by atoms with van der Waals surface area (Å²) < 4.78 is 40.1. The predicted molar refractivity (Wildman–Crippen MR) is 81.9 cm³/mol. The van der Waals surface area contributed by atoms with Gasteiger partial charge in [0.05, 0.1) is 9.40 Å². The van der Waals surface area contributed by atoms with Gasteiger partial charge in [-0.15, -0.1) is 13.2 Å². The second-order valence-corrected chi connectivity index (χ2v) is 5.30. The molecule has 0 spiro atoms. The van der Waals surface area contributed by atoms with Crippen LogP contribution in [0.15, 0.2) is 46.9 Å². The molecule has 0 heterocycles. The zero-order chi connectivity index (χ0) is 17.9. The first-order valence-corrected chi connectivity index (χ1v) is 7.06. The fraction of sp³-hybridized carbons (Fsp3) is 0.0714. The van der Waals surface area contributed by atoms with Crippen LogP contribution in [0, 0.1) is 10.1 Å². The summed E-state index contributed by atoms with van der Waals surface area (Å²) in [6.45, 7) is 0. The molecule has 6 nitrogen and oxygen atoms in total. The van der Waals surface area contributed by atoms with E-state index in [1.165, 1.54) is 24.3 Å². The van der Waals surface area contributed by atoms with Crippen LogP contribution in [0.3, 0.4) is 0 Å². The van der Waals surface area contributed by atoms with Crippen LogP contribution in [-0.4, -0.2) is 17.2 Å². The average Bonchev–Trinajstić information content (AvgIpc) is 2.48. The summed E-state index contributed by atoms with van der Waals surface area (Å²) in [4.78, 5) is 22.2. The van der Waals surface area contributed by atoms with Gasteiger partial charge < -0.3 is 10.1 Å². The number of hydrogen-bond donors (Lipinski definition) is 1. The van der Waals surface area contributed by atoms with Crippen molar-refractivity contribution in [1.29, 1.82) is 0 Å². The highest BCUT2D eigenvalue weighted by atomic mass is 79.9. The van der Waals surface area contributed by atoms with Crippen molar-refractivity contribution in [3.8, 4) is 5.75 Å². The summed E-state index contributed by atoms with van der Waals surface area (Å²) in [6, 6.07) is 8.31. The number of nitro benzene ring substituents is 1. The van der Waals surface area contributed by atoms with Crippen LogP contribution in [0.2, 0.25) is 0 Å². The molecule has 0 fully saturated rings. The SMILES string of the molecule is O=C(Nc1ccc(OC(F)(F)F)cc1)c1ccc(Br)c([N+](=O)[O-])c1. The zero-order valence-corrected chi connectivity index (χ0v) is 13.2. The lowest BCUT2D eigenvalue weighted by molar-refractivity contribution is -0.385. The highest BCUT2D eigenvalue weighted by molar-refractivity contribution is 9.10. The maximum Gasteiger partial charge on any atom is 0.573 e. The first-order chi connectivity index (χ1) is 11.2. The van der Waals surface area contributed by atoms with E-state index in [2.05, 4.69) is 26.0 Å².